The molecule has 0 radical (unpaired) electrons. The molecule has 1 amide bonds. The molecule has 0 atom stereocenters. The molecule has 4 bridgehead atoms. The van der Waals surface area contributed by atoms with Crippen LogP contribution in [0.15, 0.2) is 0 Å². The predicted molar refractivity (Wildman–Crippen MR) is 87.2 cm³/mol. The maximum atomic E-state index is 12.2. The van der Waals surface area contributed by atoms with Crippen LogP contribution in [-0.2, 0) is 14.3 Å². The Balaban J connectivity index is 1.28. The third-order valence-corrected chi connectivity index (χ3v) is 6.84. The van der Waals surface area contributed by atoms with Crippen LogP contribution in [0.2, 0.25) is 0 Å². The van der Waals surface area contributed by atoms with Crippen LogP contribution in [0.3, 0.4) is 0 Å². The smallest absolute Gasteiger partial charge is 0.410 e. The van der Waals surface area contributed by atoms with Gasteiger partial charge >= 0.3 is 12.1 Å². The molecule has 1 heterocycles. The van der Waals surface area contributed by atoms with Gasteiger partial charge in [-0.15, -0.1) is 0 Å². The van der Waals surface area contributed by atoms with Crippen LogP contribution in [0.1, 0.15) is 38.5 Å². The van der Waals surface area contributed by atoms with Crippen molar-refractivity contribution in [2.45, 2.75) is 44.1 Å². The van der Waals surface area contributed by atoms with Gasteiger partial charge in [0.15, 0.2) is 6.61 Å². The van der Waals surface area contributed by atoms with E-state index >= 15 is 0 Å². The lowest BCUT2D eigenvalue weighted by Crippen LogP contribution is -2.53. The minimum atomic E-state index is -0.382. The fourth-order valence-electron chi connectivity index (χ4n) is 5.39. The number of rotatable bonds is 3. The van der Waals surface area contributed by atoms with Crippen molar-refractivity contribution in [2.24, 2.45) is 17.8 Å². The number of carbonyl (C=O) groups excluding carboxylic acids is 2. The standard InChI is InChI=1S/C17H25NO4S/c19-15(11-21-16(20)18-1-3-23-4-2-18)22-17-8-12-5-13(9-17)7-14(6-12)10-17/h12-14H,1-11H2. The summed E-state index contributed by atoms with van der Waals surface area (Å²) in [5.74, 6) is 3.72. The molecule has 5 aliphatic rings. The van der Waals surface area contributed by atoms with Gasteiger partial charge in [-0.25, -0.2) is 9.59 Å². The summed E-state index contributed by atoms with van der Waals surface area (Å²) < 4.78 is 11.0. The topological polar surface area (TPSA) is 55.8 Å². The van der Waals surface area contributed by atoms with Crippen LogP contribution in [-0.4, -0.2) is 53.8 Å². The number of ether oxygens (including phenoxy) is 2. The van der Waals surface area contributed by atoms with E-state index in [1.807, 2.05) is 11.8 Å². The highest BCUT2D eigenvalue weighted by Crippen LogP contribution is 2.57. The van der Waals surface area contributed by atoms with E-state index in [1.54, 1.807) is 4.90 Å². The van der Waals surface area contributed by atoms with Crippen molar-refractivity contribution in [3.05, 3.63) is 0 Å². The molecular formula is C17H25NO4S. The second kappa shape index (κ2) is 6.19. The summed E-state index contributed by atoms with van der Waals surface area (Å²) in [6.07, 6.45) is 6.62. The van der Waals surface area contributed by atoms with E-state index in [9.17, 15) is 9.59 Å². The van der Waals surface area contributed by atoms with Crippen LogP contribution in [0, 0.1) is 17.8 Å². The first kappa shape index (κ1) is 15.6. The molecule has 4 aliphatic carbocycles. The third-order valence-electron chi connectivity index (χ3n) is 5.90. The van der Waals surface area contributed by atoms with Gasteiger partial charge in [0.2, 0.25) is 0 Å². The van der Waals surface area contributed by atoms with Crippen molar-refractivity contribution >= 4 is 23.8 Å². The first-order chi connectivity index (χ1) is 11.1. The molecule has 1 saturated heterocycles. The number of hydrogen-bond acceptors (Lipinski definition) is 5. The molecule has 5 nitrogen and oxygen atoms in total. The fraction of sp³-hybridized carbons (Fsp3) is 0.882. The molecule has 1 aliphatic heterocycles. The SMILES string of the molecule is O=C(COC(=O)N1CCSCC1)OC12CC3CC(CC(C3)C1)C2. The Kier molecular flexibility index (Phi) is 4.20. The molecule has 23 heavy (non-hydrogen) atoms. The maximum absolute atomic E-state index is 12.2. The highest BCUT2D eigenvalue weighted by Gasteiger charge is 2.53. The average Bonchev–Trinajstić information content (AvgIpc) is 2.51. The van der Waals surface area contributed by atoms with E-state index < -0.39 is 0 Å². The summed E-state index contributed by atoms with van der Waals surface area (Å²) in [5.41, 5.74) is -0.250. The summed E-state index contributed by atoms with van der Waals surface area (Å²) in [6, 6.07) is 0. The summed E-state index contributed by atoms with van der Waals surface area (Å²) >= 11 is 1.84. The Morgan fingerprint density at radius 2 is 1.57 bits per heavy atom. The number of carbonyl (C=O) groups is 2. The molecule has 0 spiro atoms. The van der Waals surface area contributed by atoms with E-state index in [4.69, 9.17) is 9.47 Å². The second-order valence-corrected chi connectivity index (χ2v) is 8.95. The van der Waals surface area contributed by atoms with E-state index in [0.29, 0.717) is 13.1 Å². The molecule has 0 aromatic carbocycles. The summed E-state index contributed by atoms with van der Waals surface area (Å²) in [7, 11) is 0. The molecule has 0 aromatic rings. The normalized spacial score (nSPS) is 38.4. The highest BCUT2D eigenvalue weighted by atomic mass is 32.2. The van der Waals surface area contributed by atoms with Crippen LogP contribution in [0.25, 0.3) is 0 Å². The van der Waals surface area contributed by atoms with Crippen LogP contribution in [0.5, 0.6) is 0 Å². The van der Waals surface area contributed by atoms with Gasteiger partial charge in [0.05, 0.1) is 0 Å². The fourth-order valence-corrected chi connectivity index (χ4v) is 6.29. The van der Waals surface area contributed by atoms with Crippen molar-refractivity contribution < 1.29 is 19.1 Å². The zero-order chi connectivity index (χ0) is 15.9. The molecule has 0 unspecified atom stereocenters. The van der Waals surface area contributed by atoms with Crippen molar-refractivity contribution in [2.75, 3.05) is 31.2 Å². The first-order valence-electron chi connectivity index (χ1n) is 8.83. The molecular weight excluding hydrogens is 314 g/mol. The van der Waals surface area contributed by atoms with E-state index in [1.165, 1.54) is 19.3 Å². The van der Waals surface area contributed by atoms with E-state index in [2.05, 4.69) is 0 Å². The lowest BCUT2D eigenvalue weighted by molar-refractivity contribution is -0.189. The molecule has 0 N–H and O–H groups in total. The molecule has 0 aromatic heterocycles. The quantitative estimate of drug-likeness (QED) is 0.740. The third kappa shape index (κ3) is 3.32. The Morgan fingerprint density at radius 3 is 2.13 bits per heavy atom. The zero-order valence-corrected chi connectivity index (χ0v) is 14.3. The molecule has 5 rings (SSSR count). The highest BCUT2D eigenvalue weighted by molar-refractivity contribution is 7.99. The van der Waals surface area contributed by atoms with Crippen LogP contribution in [0.4, 0.5) is 4.79 Å². The van der Waals surface area contributed by atoms with Crippen molar-refractivity contribution in [3.8, 4) is 0 Å². The number of hydrogen-bond donors (Lipinski definition) is 0. The van der Waals surface area contributed by atoms with Gasteiger partial charge in [-0.05, 0) is 56.3 Å². The van der Waals surface area contributed by atoms with Crippen LogP contribution >= 0.6 is 11.8 Å². The summed E-state index contributed by atoms with van der Waals surface area (Å²) in [4.78, 5) is 25.8. The molecule has 6 heteroatoms. The summed E-state index contributed by atoms with van der Waals surface area (Å²) in [6.45, 7) is 1.16. The average molecular weight is 339 g/mol. The first-order valence-corrected chi connectivity index (χ1v) is 9.99. The number of amides is 1. The molecule has 128 valence electrons. The Morgan fingerprint density at radius 1 is 1.00 bits per heavy atom. The van der Waals surface area contributed by atoms with Gasteiger partial charge in [-0.2, -0.15) is 11.8 Å². The largest absolute Gasteiger partial charge is 0.457 e. The second-order valence-electron chi connectivity index (χ2n) is 7.73. The van der Waals surface area contributed by atoms with Crippen molar-refractivity contribution in [1.82, 2.24) is 4.90 Å². The van der Waals surface area contributed by atoms with Gasteiger partial charge in [0.25, 0.3) is 0 Å². The Bertz CT molecular complexity index is 454. The van der Waals surface area contributed by atoms with E-state index in [-0.39, 0.29) is 24.3 Å². The number of thioether (sulfide) groups is 1. The monoisotopic (exact) mass is 339 g/mol. The van der Waals surface area contributed by atoms with Crippen molar-refractivity contribution in [3.63, 3.8) is 0 Å². The molecule has 4 saturated carbocycles. The van der Waals surface area contributed by atoms with Gasteiger partial charge in [-0.1, -0.05) is 0 Å². The van der Waals surface area contributed by atoms with Gasteiger partial charge < -0.3 is 14.4 Å². The lowest BCUT2D eigenvalue weighted by Gasteiger charge is -2.55. The Labute approximate surface area is 141 Å². The van der Waals surface area contributed by atoms with Gasteiger partial charge in [0.1, 0.15) is 5.60 Å². The summed E-state index contributed by atoms with van der Waals surface area (Å²) in [5, 5.41) is 0. The minimum absolute atomic E-state index is 0.246. The van der Waals surface area contributed by atoms with Gasteiger partial charge in [0, 0.05) is 24.6 Å². The van der Waals surface area contributed by atoms with E-state index in [0.717, 1.165) is 48.5 Å². The van der Waals surface area contributed by atoms with Crippen molar-refractivity contribution in [1.29, 1.82) is 0 Å². The van der Waals surface area contributed by atoms with Crippen LogP contribution < -0.4 is 0 Å². The lowest BCUT2D eigenvalue weighted by atomic mass is 9.54. The minimum Gasteiger partial charge on any atom is -0.457 e. The number of esters is 1. The molecule has 5 fully saturated rings. The Hall–Kier alpha value is -0.910. The maximum Gasteiger partial charge on any atom is 0.410 e. The zero-order valence-electron chi connectivity index (χ0n) is 13.5. The predicted octanol–water partition coefficient (Wildman–Crippen LogP) is 2.68. The number of nitrogens with zero attached hydrogens (tertiary/aromatic N) is 1. The van der Waals surface area contributed by atoms with Gasteiger partial charge in [-0.3, -0.25) is 0 Å².